The molecule has 3 N–H and O–H groups in total. The number of hydrogen-bond acceptors (Lipinski definition) is 6. The maximum atomic E-state index is 13.0. The molecule has 0 saturated carbocycles. The Bertz CT molecular complexity index is 1130. The first-order valence-corrected chi connectivity index (χ1v) is 10.4. The van der Waals surface area contributed by atoms with Gasteiger partial charge in [-0.1, -0.05) is 11.6 Å². The summed E-state index contributed by atoms with van der Waals surface area (Å²) >= 11 is 9.20. The molecule has 0 aromatic heterocycles. The van der Waals surface area contributed by atoms with Crippen LogP contribution in [0.2, 0.25) is 5.02 Å². The lowest BCUT2D eigenvalue weighted by molar-refractivity contribution is -0.123. The largest absolute Gasteiger partial charge is 0.490 e. The number of halogens is 2. The number of nitrogens with two attached hydrogens (primary N) is 1. The minimum Gasteiger partial charge on any atom is -0.490 e. The minimum absolute atomic E-state index is 0.241. The number of nitrogens with one attached hydrogen (secondary N) is 1. The van der Waals surface area contributed by atoms with Crippen LogP contribution in [0.4, 0.5) is 10.5 Å². The van der Waals surface area contributed by atoms with Crippen molar-refractivity contribution in [3.05, 3.63) is 57.0 Å². The molecule has 3 rings (SSSR count). The molecule has 1 aliphatic rings. The monoisotopic (exact) mass is 521 g/mol. The van der Waals surface area contributed by atoms with E-state index in [1.165, 1.54) is 36.4 Å². The first-order chi connectivity index (χ1) is 15.2. The molecule has 0 radical (unpaired) electrons. The van der Waals surface area contributed by atoms with Gasteiger partial charge in [0.2, 0.25) is 0 Å². The Morgan fingerprint density at radius 3 is 2.50 bits per heavy atom. The van der Waals surface area contributed by atoms with Crippen molar-refractivity contribution in [1.29, 1.82) is 0 Å². The van der Waals surface area contributed by atoms with Gasteiger partial charge in [-0.2, -0.15) is 0 Å². The number of hydrogen-bond donors (Lipinski definition) is 2. The zero-order valence-electron chi connectivity index (χ0n) is 16.7. The predicted octanol–water partition coefficient (Wildman–Crippen LogP) is 3.03. The standard InChI is InChI=1S/C21H17BrClN3O6/c1-2-31-16-9-11(8-15(22)18(16)32-10-17(24)27)7-14-19(28)25-21(30)26(20(14)29)13-5-3-12(23)4-6-13/h3-9H,2,10H2,1H3,(H2,24,27)(H,25,28,30)/b14-7+. The Morgan fingerprint density at radius 2 is 1.88 bits per heavy atom. The summed E-state index contributed by atoms with van der Waals surface area (Å²) in [6, 6.07) is 8.24. The summed E-state index contributed by atoms with van der Waals surface area (Å²) in [5, 5.41) is 2.58. The molecule has 0 bridgehead atoms. The summed E-state index contributed by atoms with van der Waals surface area (Å²) in [4.78, 5) is 49.6. The van der Waals surface area contributed by atoms with E-state index in [2.05, 4.69) is 21.2 Å². The molecule has 0 unspecified atom stereocenters. The van der Waals surface area contributed by atoms with Gasteiger partial charge in [-0.05, 0) is 70.9 Å². The number of imide groups is 2. The Labute approximate surface area is 196 Å². The van der Waals surface area contributed by atoms with Crippen LogP contribution in [0, 0.1) is 0 Å². The summed E-state index contributed by atoms with van der Waals surface area (Å²) in [5.41, 5.74) is 5.53. The number of primary amides is 1. The van der Waals surface area contributed by atoms with E-state index in [4.69, 9.17) is 26.8 Å². The zero-order valence-corrected chi connectivity index (χ0v) is 19.0. The van der Waals surface area contributed by atoms with Gasteiger partial charge in [-0.25, -0.2) is 9.69 Å². The maximum absolute atomic E-state index is 13.0. The summed E-state index contributed by atoms with van der Waals surface area (Å²) in [7, 11) is 0. The van der Waals surface area contributed by atoms with Crippen LogP contribution in [0.25, 0.3) is 6.08 Å². The Hall–Kier alpha value is -3.37. The molecule has 11 heteroatoms. The van der Waals surface area contributed by atoms with Crippen LogP contribution < -0.4 is 25.4 Å². The van der Waals surface area contributed by atoms with Crippen molar-refractivity contribution in [3.63, 3.8) is 0 Å². The minimum atomic E-state index is -0.870. The van der Waals surface area contributed by atoms with E-state index in [1.54, 1.807) is 13.0 Å². The lowest BCUT2D eigenvalue weighted by Gasteiger charge is -2.26. The van der Waals surface area contributed by atoms with Gasteiger partial charge in [0.25, 0.3) is 17.7 Å². The Kier molecular flexibility index (Phi) is 7.16. The molecule has 1 aliphatic heterocycles. The van der Waals surface area contributed by atoms with Crippen LogP contribution in [-0.4, -0.2) is 37.0 Å². The topological polar surface area (TPSA) is 128 Å². The first-order valence-electron chi connectivity index (χ1n) is 9.25. The number of carbonyl (C=O) groups is 4. The number of barbiturate groups is 1. The number of benzene rings is 2. The number of amides is 5. The van der Waals surface area contributed by atoms with Gasteiger partial charge in [0.1, 0.15) is 5.57 Å². The van der Waals surface area contributed by atoms with Crippen molar-refractivity contribution >= 4 is 63.0 Å². The van der Waals surface area contributed by atoms with Crippen molar-refractivity contribution in [1.82, 2.24) is 5.32 Å². The lowest BCUT2D eigenvalue weighted by Crippen LogP contribution is -2.54. The number of anilines is 1. The molecule has 2 aromatic carbocycles. The normalized spacial score (nSPS) is 15.0. The van der Waals surface area contributed by atoms with Crippen LogP contribution >= 0.6 is 27.5 Å². The Morgan fingerprint density at radius 1 is 1.19 bits per heavy atom. The second kappa shape index (κ2) is 9.84. The van der Waals surface area contributed by atoms with Crippen LogP contribution in [-0.2, 0) is 14.4 Å². The smallest absolute Gasteiger partial charge is 0.335 e. The number of carbonyl (C=O) groups excluding carboxylic acids is 4. The molecule has 0 aliphatic carbocycles. The highest BCUT2D eigenvalue weighted by Gasteiger charge is 2.36. The SMILES string of the molecule is CCOc1cc(/C=C2\C(=O)NC(=O)N(c3ccc(Cl)cc3)C2=O)cc(Br)c1OCC(N)=O. The fourth-order valence-corrected chi connectivity index (χ4v) is 3.57. The molecule has 0 atom stereocenters. The van der Waals surface area contributed by atoms with Crippen molar-refractivity contribution in [3.8, 4) is 11.5 Å². The van der Waals surface area contributed by atoms with Gasteiger partial charge < -0.3 is 15.2 Å². The van der Waals surface area contributed by atoms with Gasteiger partial charge in [0.15, 0.2) is 18.1 Å². The fourth-order valence-electron chi connectivity index (χ4n) is 2.87. The molecule has 166 valence electrons. The van der Waals surface area contributed by atoms with Gasteiger partial charge in [-0.3, -0.25) is 19.7 Å². The van der Waals surface area contributed by atoms with E-state index in [1.807, 2.05) is 0 Å². The van der Waals surface area contributed by atoms with E-state index in [0.717, 1.165) is 4.90 Å². The molecule has 2 aromatic rings. The van der Waals surface area contributed by atoms with Crippen molar-refractivity contribution in [2.24, 2.45) is 5.73 Å². The number of nitrogens with zero attached hydrogens (tertiary/aromatic N) is 1. The third kappa shape index (κ3) is 5.09. The second-order valence-corrected chi connectivity index (χ2v) is 7.74. The Balaban J connectivity index is 2.00. The number of rotatable bonds is 7. The van der Waals surface area contributed by atoms with Gasteiger partial charge >= 0.3 is 6.03 Å². The van der Waals surface area contributed by atoms with Crippen LogP contribution in [0.5, 0.6) is 11.5 Å². The van der Waals surface area contributed by atoms with E-state index in [-0.39, 0.29) is 36.0 Å². The quantitative estimate of drug-likeness (QED) is 0.425. The highest BCUT2D eigenvalue weighted by molar-refractivity contribution is 9.10. The first kappa shape index (κ1) is 23.3. The third-order valence-electron chi connectivity index (χ3n) is 4.19. The van der Waals surface area contributed by atoms with Gasteiger partial charge in [0.05, 0.1) is 16.8 Å². The summed E-state index contributed by atoms with van der Waals surface area (Å²) < 4.78 is 11.4. The number of urea groups is 1. The molecule has 32 heavy (non-hydrogen) atoms. The predicted molar refractivity (Wildman–Crippen MR) is 120 cm³/mol. The molecular weight excluding hydrogens is 506 g/mol. The molecule has 9 nitrogen and oxygen atoms in total. The van der Waals surface area contributed by atoms with Gasteiger partial charge in [0, 0.05) is 5.02 Å². The molecular formula is C21H17BrClN3O6. The highest BCUT2D eigenvalue weighted by Crippen LogP contribution is 2.38. The second-order valence-electron chi connectivity index (χ2n) is 6.45. The molecule has 1 fully saturated rings. The summed E-state index contributed by atoms with van der Waals surface area (Å²) in [5.74, 6) is -1.80. The van der Waals surface area contributed by atoms with Crippen molar-refractivity contribution in [2.45, 2.75) is 6.92 Å². The molecule has 1 saturated heterocycles. The average molecular weight is 523 g/mol. The fraction of sp³-hybridized carbons (Fsp3) is 0.143. The summed E-state index contributed by atoms with van der Waals surface area (Å²) in [6.07, 6.45) is 1.32. The van der Waals surface area contributed by atoms with E-state index < -0.39 is 23.8 Å². The third-order valence-corrected chi connectivity index (χ3v) is 5.03. The molecule has 0 spiro atoms. The average Bonchev–Trinajstić information content (AvgIpc) is 2.72. The molecule has 1 heterocycles. The van der Waals surface area contributed by atoms with Crippen LogP contribution in [0.1, 0.15) is 12.5 Å². The zero-order chi connectivity index (χ0) is 23.4. The maximum Gasteiger partial charge on any atom is 0.335 e. The van der Waals surface area contributed by atoms with Crippen molar-refractivity contribution in [2.75, 3.05) is 18.1 Å². The van der Waals surface area contributed by atoms with E-state index >= 15 is 0 Å². The summed E-state index contributed by atoms with van der Waals surface area (Å²) in [6.45, 7) is 1.68. The lowest BCUT2D eigenvalue weighted by atomic mass is 10.1. The van der Waals surface area contributed by atoms with Gasteiger partial charge in [-0.15, -0.1) is 0 Å². The van der Waals surface area contributed by atoms with Crippen molar-refractivity contribution < 1.29 is 28.7 Å². The highest BCUT2D eigenvalue weighted by atomic mass is 79.9. The molecule has 5 amide bonds. The van der Waals surface area contributed by atoms with E-state index in [0.29, 0.717) is 15.1 Å². The van der Waals surface area contributed by atoms with Crippen LogP contribution in [0.3, 0.4) is 0 Å². The van der Waals surface area contributed by atoms with Crippen LogP contribution in [0.15, 0.2) is 46.4 Å². The number of ether oxygens (including phenoxy) is 2. The van der Waals surface area contributed by atoms with E-state index in [9.17, 15) is 19.2 Å².